The molecular formula is C2H2ClO2+. The minimum Gasteiger partial charge on any atom is -0.275 e. The van der Waals surface area contributed by atoms with Crippen LogP contribution >= 0.6 is 11.6 Å². The van der Waals surface area contributed by atoms with Gasteiger partial charge < -0.3 is 0 Å². The molecule has 5 heavy (non-hydrogen) atoms. The third-order valence-corrected chi connectivity index (χ3v) is 0.223. The maximum atomic E-state index is 9.29. The molecule has 28 valence electrons. The van der Waals surface area contributed by atoms with E-state index in [4.69, 9.17) is 0 Å². The highest BCUT2D eigenvalue weighted by Crippen LogP contribution is 1.72. The van der Waals surface area contributed by atoms with E-state index in [0.29, 0.717) is 0 Å². The van der Waals surface area contributed by atoms with E-state index in [-0.39, 0.29) is 0 Å². The van der Waals surface area contributed by atoms with Crippen LogP contribution in [0, 0.1) is 0 Å². The molecule has 0 fully saturated rings. The van der Waals surface area contributed by atoms with E-state index in [1.807, 2.05) is 0 Å². The first-order chi connectivity index (χ1) is 2.27. The van der Waals surface area contributed by atoms with Crippen molar-refractivity contribution in [1.82, 2.24) is 0 Å². The second-order valence-electron chi connectivity index (χ2n) is 0.382. The molecule has 0 aliphatic heterocycles. The lowest BCUT2D eigenvalue weighted by atomic mass is 11.6. The van der Waals surface area contributed by atoms with Gasteiger partial charge in [0.15, 0.2) is 6.79 Å². The third kappa shape index (κ3) is 3.63. The van der Waals surface area contributed by atoms with Crippen LogP contribution in [0.15, 0.2) is 0 Å². The van der Waals surface area contributed by atoms with Gasteiger partial charge in [-0.05, 0) is 0 Å². The molecule has 2 nitrogen and oxygen atoms in total. The fourth-order valence-corrected chi connectivity index (χ4v) is 0. The second-order valence-corrected chi connectivity index (χ2v) is 0.691. The molecule has 0 N–H and O–H groups in total. The summed E-state index contributed by atoms with van der Waals surface area (Å²) in [5.41, 5.74) is -0.884. The van der Waals surface area contributed by atoms with E-state index in [0.717, 1.165) is 0 Å². The smallest absolute Gasteiger partial charge is 0.275 e. The molecular weight excluding hydrogens is 91.5 g/mol. The molecule has 0 saturated heterocycles. The summed E-state index contributed by atoms with van der Waals surface area (Å²) in [5, 5.41) is 0. The van der Waals surface area contributed by atoms with Crippen LogP contribution in [0.25, 0.3) is 0 Å². The van der Waals surface area contributed by atoms with Crippen molar-refractivity contribution in [1.29, 1.82) is 0 Å². The van der Waals surface area contributed by atoms with Crippen LogP contribution in [0.4, 0.5) is 4.79 Å². The fraction of sp³-hybridized carbons (Fsp3) is 0. The average molecular weight is 93.5 g/mol. The molecule has 0 aromatic rings. The summed E-state index contributed by atoms with van der Waals surface area (Å²) in [6.45, 7) is 2.70. The molecule has 3 heteroatoms. The Morgan fingerprint density at radius 2 is 2.20 bits per heavy atom. The predicted molar refractivity (Wildman–Crippen MR) is 18.4 cm³/mol. The lowest BCUT2D eigenvalue weighted by Gasteiger charge is -1.45. The van der Waals surface area contributed by atoms with Crippen LogP contribution in [0.5, 0.6) is 0 Å². The van der Waals surface area contributed by atoms with E-state index in [1.165, 1.54) is 0 Å². The molecule has 0 aliphatic rings. The van der Waals surface area contributed by atoms with Gasteiger partial charge in [0.1, 0.15) is 0 Å². The van der Waals surface area contributed by atoms with Crippen LogP contribution in [0.1, 0.15) is 0 Å². The Labute approximate surface area is 34.0 Å². The summed E-state index contributed by atoms with van der Waals surface area (Å²) in [7, 11) is 0. The summed E-state index contributed by atoms with van der Waals surface area (Å²) in [6.07, 6.45) is 0. The summed E-state index contributed by atoms with van der Waals surface area (Å²) in [4.78, 5) is 9.29. The second kappa shape index (κ2) is 1.91. The van der Waals surface area contributed by atoms with Crippen molar-refractivity contribution in [3.63, 3.8) is 0 Å². The SMILES string of the molecule is C=[O+]C(=O)Cl. The van der Waals surface area contributed by atoms with Crippen molar-refractivity contribution in [2.75, 3.05) is 0 Å². The summed E-state index contributed by atoms with van der Waals surface area (Å²) < 4.78 is 3.63. The van der Waals surface area contributed by atoms with Crippen molar-refractivity contribution >= 4 is 23.8 Å². The monoisotopic (exact) mass is 93.0 g/mol. The predicted octanol–water partition coefficient (Wildman–Crippen LogP) is 0.710. The molecule has 0 unspecified atom stereocenters. The normalized spacial score (nSPS) is 6.60. The molecule has 0 aromatic carbocycles. The lowest BCUT2D eigenvalue weighted by Crippen LogP contribution is -1.73. The fourth-order valence-electron chi connectivity index (χ4n) is 0. The highest BCUT2D eigenvalue weighted by Gasteiger charge is 1.98. The summed E-state index contributed by atoms with van der Waals surface area (Å²) in [5.74, 6) is 0. The van der Waals surface area contributed by atoms with Gasteiger partial charge >= 0.3 is 5.43 Å². The van der Waals surface area contributed by atoms with Crippen LogP contribution in [0.2, 0.25) is 0 Å². The van der Waals surface area contributed by atoms with Crippen molar-refractivity contribution < 1.29 is 9.22 Å². The van der Waals surface area contributed by atoms with Crippen molar-refractivity contribution in [2.45, 2.75) is 0 Å². The Morgan fingerprint density at radius 3 is 2.20 bits per heavy atom. The number of hydrogen-bond donors (Lipinski definition) is 0. The molecule has 0 amide bonds. The third-order valence-electron chi connectivity index (χ3n) is 0.113. The van der Waals surface area contributed by atoms with Gasteiger partial charge in [0.25, 0.3) is 0 Å². The zero-order valence-electron chi connectivity index (χ0n) is 2.40. The van der Waals surface area contributed by atoms with Gasteiger partial charge in [-0.25, -0.2) is 0 Å². The Kier molecular flexibility index (Phi) is 1.76. The van der Waals surface area contributed by atoms with E-state index < -0.39 is 5.43 Å². The molecule has 0 radical (unpaired) electrons. The number of carbonyl (C=O) groups excluding carboxylic acids is 2. The number of hydrogen-bond acceptors (Lipinski definition) is 1. The molecule has 0 rings (SSSR count). The van der Waals surface area contributed by atoms with E-state index >= 15 is 0 Å². The van der Waals surface area contributed by atoms with Gasteiger partial charge in [0.05, 0.1) is 16.4 Å². The number of rotatable bonds is 0. The van der Waals surface area contributed by atoms with Gasteiger partial charge in [-0.1, -0.05) is 0 Å². The molecule has 0 bridgehead atoms. The summed E-state index contributed by atoms with van der Waals surface area (Å²) in [6, 6.07) is 0. The maximum Gasteiger partial charge on any atom is 0.682 e. The van der Waals surface area contributed by atoms with Crippen LogP contribution in [-0.2, 0) is 4.42 Å². The standard InChI is InChI=1S/C2H2ClO2/c1-5-2(3)4/h1H2/q+1. The largest absolute Gasteiger partial charge is 0.682 e. The minimum atomic E-state index is -0.884. The lowest BCUT2D eigenvalue weighted by molar-refractivity contribution is -0.318. The molecule has 0 atom stereocenters. The van der Waals surface area contributed by atoms with Gasteiger partial charge in [-0.3, -0.25) is 4.42 Å². The quantitative estimate of drug-likeness (QED) is 0.320. The Hall–Kier alpha value is -0.370. The molecule has 0 heterocycles. The first kappa shape index (κ1) is 4.63. The Morgan fingerprint density at radius 1 is 2.00 bits per heavy atom. The van der Waals surface area contributed by atoms with Crippen LogP contribution in [-0.4, -0.2) is 12.2 Å². The van der Waals surface area contributed by atoms with Crippen LogP contribution in [0.3, 0.4) is 0 Å². The van der Waals surface area contributed by atoms with Gasteiger partial charge in [-0.2, -0.15) is 0 Å². The van der Waals surface area contributed by atoms with Crippen molar-refractivity contribution in [2.24, 2.45) is 0 Å². The van der Waals surface area contributed by atoms with Crippen molar-refractivity contribution in [3.8, 4) is 0 Å². The molecule has 0 aliphatic carbocycles. The van der Waals surface area contributed by atoms with E-state index in [2.05, 4.69) is 22.8 Å². The average Bonchev–Trinajstić information content (AvgIpc) is 1.38. The number of carbonyl (C=O) groups is 1. The van der Waals surface area contributed by atoms with Gasteiger partial charge in [0, 0.05) is 0 Å². The zero-order valence-corrected chi connectivity index (χ0v) is 3.16. The molecule has 0 saturated carbocycles. The van der Waals surface area contributed by atoms with Crippen molar-refractivity contribution in [3.05, 3.63) is 0 Å². The number of halogens is 1. The van der Waals surface area contributed by atoms with E-state index in [1.54, 1.807) is 0 Å². The first-order valence-corrected chi connectivity index (χ1v) is 1.26. The maximum absolute atomic E-state index is 9.29. The van der Waals surface area contributed by atoms with E-state index in [9.17, 15) is 4.79 Å². The van der Waals surface area contributed by atoms with Gasteiger partial charge in [0.2, 0.25) is 0 Å². The molecule has 0 spiro atoms. The minimum absolute atomic E-state index is 0.884. The first-order valence-electron chi connectivity index (χ1n) is 0.886. The molecule has 0 aromatic heterocycles. The van der Waals surface area contributed by atoms with Crippen LogP contribution < -0.4 is 0 Å². The summed E-state index contributed by atoms with van der Waals surface area (Å²) >= 11 is 4.54. The Balaban J connectivity index is 3.20. The van der Waals surface area contributed by atoms with Gasteiger partial charge in [-0.15, -0.1) is 0 Å². The highest BCUT2D eigenvalue weighted by molar-refractivity contribution is 6.60. The Bertz CT molecular complexity index is 58.7. The topological polar surface area (TPSA) is 28.4 Å². The highest BCUT2D eigenvalue weighted by atomic mass is 35.5. The zero-order chi connectivity index (χ0) is 4.28.